The Morgan fingerprint density at radius 3 is 2.43 bits per heavy atom. The molecule has 1 saturated carbocycles. The van der Waals surface area contributed by atoms with E-state index in [0.717, 1.165) is 12.1 Å². The second kappa shape index (κ2) is 8.20. The minimum atomic E-state index is -3.25. The van der Waals surface area contributed by atoms with E-state index in [1.807, 2.05) is 17.8 Å². The molecule has 2 unspecified atom stereocenters. The molecule has 0 bridgehead atoms. The van der Waals surface area contributed by atoms with Crippen molar-refractivity contribution in [2.75, 3.05) is 19.4 Å². The van der Waals surface area contributed by atoms with E-state index in [1.165, 1.54) is 12.1 Å². The lowest BCUT2D eigenvalue weighted by molar-refractivity contribution is 0.0438. The maximum atomic E-state index is 11.6. The SMILES string of the molecule is Cn1ccnc1CNCC1(COc2ccc(S(C)(=O)=O)cc2)CC(O)C(O)C1. The molecule has 1 fully saturated rings. The van der Waals surface area contributed by atoms with Gasteiger partial charge in [0, 0.05) is 37.7 Å². The fourth-order valence-corrected chi connectivity index (χ4v) is 4.21. The Morgan fingerprint density at radius 1 is 1.25 bits per heavy atom. The third-order valence-corrected chi connectivity index (χ3v) is 6.36. The van der Waals surface area contributed by atoms with Crippen LogP contribution in [0.4, 0.5) is 0 Å². The number of aliphatic hydroxyl groups is 2. The second-order valence-electron chi connectivity index (χ2n) is 7.63. The summed E-state index contributed by atoms with van der Waals surface area (Å²) in [6.45, 7) is 1.42. The predicted octanol–water partition coefficient (Wildman–Crippen LogP) is 0.494. The minimum Gasteiger partial charge on any atom is -0.493 e. The van der Waals surface area contributed by atoms with Gasteiger partial charge in [-0.15, -0.1) is 0 Å². The summed E-state index contributed by atoms with van der Waals surface area (Å²) in [5, 5.41) is 23.5. The van der Waals surface area contributed by atoms with Crippen LogP contribution in [0.5, 0.6) is 5.75 Å². The lowest BCUT2D eigenvalue weighted by Gasteiger charge is -2.29. The molecule has 2 aromatic rings. The Balaban J connectivity index is 1.64. The first-order valence-electron chi connectivity index (χ1n) is 9.15. The highest BCUT2D eigenvalue weighted by molar-refractivity contribution is 7.90. The molecule has 3 N–H and O–H groups in total. The van der Waals surface area contributed by atoms with Gasteiger partial charge in [0.2, 0.25) is 0 Å². The van der Waals surface area contributed by atoms with Crippen LogP contribution in [0.2, 0.25) is 0 Å². The Hall–Kier alpha value is -1.94. The second-order valence-corrected chi connectivity index (χ2v) is 9.65. The molecule has 1 aliphatic rings. The van der Waals surface area contributed by atoms with Crippen molar-refractivity contribution in [3.8, 4) is 5.75 Å². The standard InChI is InChI=1S/C19H27N3O5S/c1-22-8-7-21-18(22)11-20-12-19(9-16(23)17(24)10-19)13-27-14-3-5-15(6-4-14)28(2,25)26/h3-8,16-17,20,23-24H,9-13H2,1-2H3. The first-order chi connectivity index (χ1) is 13.2. The number of aromatic nitrogens is 2. The fourth-order valence-electron chi connectivity index (χ4n) is 3.58. The number of aryl methyl sites for hydroxylation is 1. The number of benzene rings is 1. The minimum absolute atomic E-state index is 0.234. The van der Waals surface area contributed by atoms with Gasteiger partial charge in [-0.25, -0.2) is 13.4 Å². The van der Waals surface area contributed by atoms with E-state index in [9.17, 15) is 18.6 Å². The van der Waals surface area contributed by atoms with Crippen LogP contribution in [-0.4, -0.2) is 59.8 Å². The zero-order chi connectivity index (χ0) is 20.4. The van der Waals surface area contributed by atoms with E-state index >= 15 is 0 Å². The third-order valence-electron chi connectivity index (χ3n) is 5.23. The van der Waals surface area contributed by atoms with Crippen LogP contribution >= 0.6 is 0 Å². The van der Waals surface area contributed by atoms with Crippen LogP contribution in [0.1, 0.15) is 18.7 Å². The van der Waals surface area contributed by atoms with Crippen molar-refractivity contribution in [1.82, 2.24) is 14.9 Å². The van der Waals surface area contributed by atoms with Crippen molar-refractivity contribution >= 4 is 9.84 Å². The van der Waals surface area contributed by atoms with Gasteiger partial charge in [-0.2, -0.15) is 0 Å². The van der Waals surface area contributed by atoms with Crippen molar-refractivity contribution < 1.29 is 23.4 Å². The molecule has 8 nitrogen and oxygen atoms in total. The summed E-state index contributed by atoms with van der Waals surface area (Å²) in [5.74, 6) is 1.44. The summed E-state index contributed by atoms with van der Waals surface area (Å²) in [6, 6.07) is 6.25. The van der Waals surface area contributed by atoms with Gasteiger partial charge in [0.1, 0.15) is 11.6 Å². The zero-order valence-electron chi connectivity index (χ0n) is 16.1. The van der Waals surface area contributed by atoms with Crippen LogP contribution in [0.15, 0.2) is 41.6 Å². The Labute approximate surface area is 165 Å². The molecule has 1 heterocycles. The highest BCUT2D eigenvalue weighted by atomic mass is 32.2. The van der Waals surface area contributed by atoms with Crippen LogP contribution in [0.3, 0.4) is 0 Å². The number of ether oxygens (including phenoxy) is 1. The van der Waals surface area contributed by atoms with Gasteiger partial charge < -0.3 is 24.8 Å². The molecular weight excluding hydrogens is 382 g/mol. The van der Waals surface area contributed by atoms with E-state index in [1.54, 1.807) is 18.3 Å². The number of sulfone groups is 1. The normalized spacial score (nSPS) is 25.1. The number of rotatable bonds is 8. The molecule has 28 heavy (non-hydrogen) atoms. The molecule has 1 aromatic carbocycles. The van der Waals surface area contributed by atoms with Gasteiger partial charge in [-0.1, -0.05) is 0 Å². The molecule has 1 aliphatic carbocycles. The van der Waals surface area contributed by atoms with Crippen molar-refractivity contribution in [2.24, 2.45) is 12.5 Å². The van der Waals surface area contributed by atoms with E-state index in [2.05, 4.69) is 10.3 Å². The number of hydrogen-bond donors (Lipinski definition) is 3. The molecule has 0 amide bonds. The summed E-state index contributed by atoms with van der Waals surface area (Å²) in [6.07, 6.45) is 4.04. The van der Waals surface area contributed by atoms with Crippen molar-refractivity contribution in [3.05, 3.63) is 42.5 Å². The summed E-state index contributed by atoms with van der Waals surface area (Å²) < 4.78 is 30.9. The molecule has 0 spiro atoms. The molecule has 0 aliphatic heterocycles. The molecule has 9 heteroatoms. The fraction of sp³-hybridized carbons (Fsp3) is 0.526. The van der Waals surface area contributed by atoms with Gasteiger partial charge in [-0.3, -0.25) is 0 Å². The first-order valence-corrected chi connectivity index (χ1v) is 11.0. The largest absolute Gasteiger partial charge is 0.493 e. The van der Waals surface area contributed by atoms with Crippen LogP contribution in [-0.2, 0) is 23.4 Å². The lowest BCUT2D eigenvalue weighted by atomic mass is 9.86. The van der Waals surface area contributed by atoms with Crippen LogP contribution in [0, 0.1) is 5.41 Å². The molecule has 3 rings (SSSR count). The van der Waals surface area contributed by atoms with Crippen LogP contribution < -0.4 is 10.1 Å². The molecule has 0 saturated heterocycles. The van der Waals surface area contributed by atoms with Gasteiger partial charge in [0.25, 0.3) is 0 Å². The average molecular weight is 410 g/mol. The predicted molar refractivity (Wildman–Crippen MR) is 104 cm³/mol. The topological polar surface area (TPSA) is 114 Å². The maximum absolute atomic E-state index is 11.6. The molecule has 2 atom stereocenters. The van der Waals surface area contributed by atoms with E-state index in [0.29, 0.717) is 38.3 Å². The average Bonchev–Trinajstić information content (AvgIpc) is 3.16. The van der Waals surface area contributed by atoms with Crippen LogP contribution in [0.25, 0.3) is 0 Å². The van der Waals surface area contributed by atoms with E-state index in [4.69, 9.17) is 4.74 Å². The van der Waals surface area contributed by atoms with E-state index < -0.39 is 27.5 Å². The zero-order valence-corrected chi connectivity index (χ0v) is 16.9. The highest BCUT2D eigenvalue weighted by Gasteiger charge is 2.44. The summed E-state index contributed by atoms with van der Waals surface area (Å²) in [7, 11) is -1.33. The van der Waals surface area contributed by atoms with Gasteiger partial charge >= 0.3 is 0 Å². The van der Waals surface area contributed by atoms with Crippen molar-refractivity contribution in [1.29, 1.82) is 0 Å². The van der Waals surface area contributed by atoms with Crippen molar-refractivity contribution in [3.63, 3.8) is 0 Å². The molecule has 1 aromatic heterocycles. The highest BCUT2D eigenvalue weighted by Crippen LogP contribution is 2.38. The number of imidazole rings is 1. The number of nitrogens with one attached hydrogen (secondary N) is 1. The molecular formula is C19H27N3O5S. The summed E-state index contributed by atoms with van der Waals surface area (Å²) in [4.78, 5) is 4.51. The Kier molecular flexibility index (Phi) is 6.09. The van der Waals surface area contributed by atoms with Crippen molar-refractivity contribution in [2.45, 2.75) is 36.5 Å². The summed E-state index contributed by atoms with van der Waals surface area (Å²) in [5.41, 5.74) is -0.431. The maximum Gasteiger partial charge on any atom is 0.175 e. The van der Waals surface area contributed by atoms with Gasteiger partial charge in [-0.05, 0) is 37.1 Å². The smallest absolute Gasteiger partial charge is 0.175 e. The number of hydrogen-bond acceptors (Lipinski definition) is 7. The lowest BCUT2D eigenvalue weighted by Crippen LogP contribution is -2.38. The van der Waals surface area contributed by atoms with E-state index in [-0.39, 0.29) is 4.90 Å². The Bertz CT molecular complexity index is 885. The quantitative estimate of drug-likeness (QED) is 0.582. The monoisotopic (exact) mass is 409 g/mol. The summed E-state index contributed by atoms with van der Waals surface area (Å²) >= 11 is 0. The van der Waals surface area contributed by atoms with Gasteiger partial charge in [0.05, 0.1) is 30.3 Å². The first kappa shape index (κ1) is 20.8. The number of aliphatic hydroxyl groups excluding tert-OH is 2. The number of nitrogens with zero attached hydrogens (tertiary/aromatic N) is 2. The Morgan fingerprint density at radius 2 is 1.89 bits per heavy atom. The molecule has 154 valence electrons. The molecule has 0 radical (unpaired) electrons. The third kappa shape index (κ3) is 4.91. The van der Waals surface area contributed by atoms with Gasteiger partial charge in [0.15, 0.2) is 9.84 Å².